The van der Waals surface area contributed by atoms with Crippen molar-refractivity contribution in [3.05, 3.63) is 30.1 Å². The number of ether oxygens (including phenoxy) is 1. The number of hydrogen-bond donors (Lipinski definition) is 1. The lowest BCUT2D eigenvalue weighted by molar-refractivity contribution is 0.123. The predicted molar refractivity (Wildman–Crippen MR) is 98.2 cm³/mol. The number of rotatable bonds is 1. The molecule has 0 radical (unpaired) electrons. The van der Waals surface area contributed by atoms with Crippen LogP contribution in [0.15, 0.2) is 24.4 Å². The topological polar surface area (TPSA) is 38.2 Å². The second kappa shape index (κ2) is 10.4. The zero-order valence-corrected chi connectivity index (χ0v) is 14.9. The Bertz CT molecular complexity index is 557. The third-order valence-electron chi connectivity index (χ3n) is 3.05. The molecule has 1 saturated heterocycles. The van der Waals surface area contributed by atoms with Gasteiger partial charge in [0.1, 0.15) is 5.52 Å². The van der Waals surface area contributed by atoms with Crippen molar-refractivity contribution in [2.75, 3.05) is 37.0 Å². The van der Waals surface area contributed by atoms with Crippen LogP contribution in [0.2, 0.25) is 0 Å². The summed E-state index contributed by atoms with van der Waals surface area (Å²) in [7, 11) is 0. The smallest absolute Gasteiger partial charge is 0.112 e. The maximum atomic E-state index is 5.38. The number of aryl methyl sites for hydroxylation is 1. The average Bonchev–Trinajstić information content (AvgIpc) is 2.57. The van der Waals surface area contributed by atoms with E-state index in [0.717, 1.165) is 48.8 Å². The molecule has 4 nitrogen and oxygen atoms in total. The van der Waals surface area contributed by atoms with Crippen LogP contribution in [-0.4, -0.2) is 42.0 Å². The number of aromatic nitrogens is 2. The van der Waals surface area contributed by atoms with Crippen LogP contribution in [-0.2, 0) is 4.74 Å². The van der Waals surface area contributed by atoms with Gasteiger partial charge in [0.25, 0.3) is 0 Å². The van der Waals surface area contributed by atoms with Crippen molar-refractivity contribution < 1.29 is 4.74 Å². The summed E-state index contributed by atoms with van der Waals surface area (Å²) in [6.07, 6.45) is 1.85. The molecule has 22 heavy (non-hydrogen) atoms. The van der Waals surface area contributed by atoms with Crippen molar-refractivity contribution in [1.29, 1.82) is 0 Å². The highest BCUT2D eigenvalue weighted by Gasteiger charge is 2.14. The van der Waals surface area contributed by atoms with E-state index in [-0.39, 0.29) is 0 Å². The molecular formula is C17H27N3OS. The van der Waals surface area contributed by atoms with Crippen molar-refractivity contribution in [2.24, 2.45) is 0 Å². The number of morpholine rings is 1. The minimum Gasteiger partial charge on any atom is -0.378 e. The molecule has 5 heteroatoms. The fourth-order valence-electron chi connectivity index (χ4n) is 2.17. The van der Waals surface area contributed by atoms with Crippen LogP contribution >= 0.6 is 12.6 Å². The molecule has 0 saturated carbocycles. The van der Waals surface area contributed by atoms with E-state index in [4.69, 9.17) is 4.74 Å². The Labute approximate surface area is 139 Å². The van der Waals surface area contributed by atoms with Gasteiger partial charge in [0, 0.05) is 25.0 Å². The second-order valence-corrected chi connectivity index (χ2v) is 5.20. The predicted octanol–water partition coefficient (Wildman–Crippen LogP) is 3.74. The second-order valence-electron chi connectivity index (χ2n) is 4.57. The number of thiol groups is 1. The summed E-state index contributed by atoms with van der Waals surface area (Å²) in [5.41, 5.74) is 4.15. The molecule has 0 amide bonds. The van der Waals surface area contributed by atoms with Crippen molar-refractivity contribution in [3.8, 4) is 0 Å². The summed E-state index contributed by atoms with van der Waals surface area (Å²) < 4.78 is 5.38. The largest absolute Gasteiger partial charge is 0.378 e. The summed E-state index contributed by atoms with van der Waals surface area (Å²) in [6, 6.07) is 6.07. The van der Waals surface area contributed by atoms with Crippen LogP contribution in [0.3, 0.4) is 0 Å². The molecule has 0 N–H and O–H groups in total. The first-order valence-electron chi connectivity index (χ1n) is 7.92. The van der Waals surface area contributed by atoms with Crippen LogP contribution in [0.1, 0.15) is 26.5 Å². The zero-order valence-electron chi connectivity index (χ0n) is 14.0. The van der Waals surface area contributed by atoms with Gasteiger partial charge in [-0.2, -0.15) is 12.6 Å². The van der Waals surface area contributed by atoms with E-state index in [1.165, 1.54) is 5.69 Å². The van der Waals surface area contributed by atoms with Crippen molar-refractivity contribution in [3.63, 3.8) is 0 Å². The monoisotopic (exact) mass is 321 g/mol. The van der Waals surface area contributed by atoms with Gasteiger partial charge in [-0.15, -0.1) is 0 Å². The van der Waals surface area contributed by atoms with Gasteiger partial charge in [0.05, 0.1) is 24.4 Å². The molecule has 0 atom stereocenters. The Hall–Kier alpha value is -1.33. The summed E-state index contributed by atoms with van der Waals surface area (Å²) >= 11 is 3.79. The number of anilines is 1. The van der Waals surface area contributed by atoms with Crippen molar-refractivity contribution in [2.45, 2.75) is 27.7 Å². The molecule has 0 unspecified atom stereocenters. The Morgan fingerprint density at radius 2 is 1.82 bits per heavy atom. The van der Waals surface area contributed by atoms with E-state index in [9.17, 15) is 0 Å². The number of hydrogen-bond acceptors (Lipinski definition) is 5. The maximum absolute atomic E-state index is 5.38. The van der Waals surface area contributed by atoms with Gasteiger partial charge in [-0.05, 0) is 30.9 Å². The number of fused-ring (bicyclic) bond motifs is 1. The van der Waals surface area contributed by atoms with Crippen LogP contribution < -0.4 is 4.90 Å². The van der Waals surface area contributed by atoms with Crippen LogP contribution in [0.25, 0.3) is 11.0 Å². The fourth-order valence-corrected chi connectivity index (χ4v) is 2.17. The molecule has 1 aliphatic heterocycles. The van der Waals surface area contributed by atoms with Crippen molar-refractivity contribution in [1.82, 2.24) is 9.97 Å². The van der Waals surface area contributed by atoms with Gasteiger partial charge in [0.2, 0.25) is 0 Å². The fraction of sp³-hybridized carbons (Fsp3) is 0.529. The van der Waals surface area contributed by atoms with Crippen LogP contribution in [0.5, 0.6) is 0 Å². The van der Waals surface area contributed by atoms with Crippen LogP contribution in [0, 0.1) is 6.92 Å². The normalized spacial score (nSPS) is 13.8. The quantitative estimate of drug-likeness (QED) is 0.812. The van der Waals surface area contributed by atoms with Crippen LogP contribution in [0.4, 0.5) is 5.69 Å². The van der Waals surface area contributed by atoms with E-state index in [2.05, 4.69) is 27.5 Å². The molecule has 2 aromatic heterocycles. The van der Waals surface area contributed by atoms with Gasteiger partial charge < -0.3 is 9.64 Å². The highest BCUT2D eigenvalue weighted by atomic mass is 32.1. The minimum atomic E-state index is 0.787. The maximum Gasteiger partial charge on any atom is 0.112 e. The third kappa shape index (κ3) is 5.14. The standard InChI is InChI=1S/C13H15N3O.C2H6S.C2H6/c1-10-2-3-11-13(15-10)12(4-5-14-11)16-6-8-17-9-7-16;1-2-3;1-2/h2-5H,6-9H2,1H3;3H,2H2,1H3;1-2H3. The van der Waals surface area contributed by atoms with Crippen molar-refractivity contribution >= 4 is 29.3 Å². The Balaban J connectivity index is 0.000000435. The zero-order chi connectivity index (χ0) is 16.4. The SMILES string of the molecule is CC.CCS.Cc1ccc2nccc(N3CCOCC3)c2n1. The van der Waals surface area contributed by atoms with E-state index in [1.807, 2.05) is 52.1 Å². The lowest BCUT2D eigenvalue weighted by Crippen LogP contribution is -2.36. The van der Waals surface area contributed by atoms with E-state index < -0.39 is 0 Å². The summed E-state index contributed by atoms with van der Waals surface area (Å²) in [5.74, 6) is 0.944. The molecule has 0 bridgehead atoms. The molecule has 0 spiro atoms. The van der Waals surface area contributed by atoms with Gasteiger partial charge in [-0.25, -0.2) is 4.98 Å². The summed E-state index contributed by atoms with van der Waals surface area (Å²) in [5, 5.41) is 0. The Kier molecular flexibility index (Phi) is 8.85. The lowest BCUT2D eigenvalue weighted by atomic mass is 10.2. The average molecular weight is 321 g/mol. The first-order valence-corrected chi connectivity index (χ1v) is 8.55. The van der Waals surface area contributed by atoms with E-state index in [1.54, 1.807) is 0 Å². The Morgan fingerprint density at radius 3 is 2.45 bits per heavy atom. The number of pyridine rings is 2. The molecule has 2 aromatic rings. The Morgan fingerprint density at radius 1 is 1.18 bits per heavy atom. The summed E-state index contributed by atoms with van der Waals surface area (Å²) in [4.78, 5) is 11.3. The molecule has 1 aliphatic rings. The minimum absolute atomic E-state index is 0.787. The van der Waals surface area contributed by atoms with Gasteiger partial charge in [-0.1, -0.05) is 20.8 Å². The van der Waals surface area contributed by atoms with E-state index >= 15 is 0 Å². The molecular weight excluding hydrogens is 294 g/mol. The highest BCUT2D eigenvalue weighted by Crippen LogP contribution is 2.24. The van der Waals surface area contributed by atoms with Gasteiger partial charge in [0.15, 0.2) is 0 Å². The third-order valence-corrected chi connectivity index (χ3v) is 3.05. The molecule has 0 aliphatic carbocycles. The molecule has 0 aromatic carbocycles. The molecule has 1 fully saturated rings. The van der Waals surface area contributed by atoms with Gasteiger partial charge in [-0.3, -0.25) is 4.98 Å². The summed E-state index contributed by atoms with van der Waals surface area (Å²) in [6.45, 7) is 11.4. The first-order chi connectivity index (χ1) is 10.8. The molecule has 122 valence electrons. The molecule has 3 rings (SSSR count). The highest BCUT2D eigenvalue weighted by molar-refractivity contribution is 7.80. The number of nitrogens with zero attached hydrogens (tertiary/aromatic N) is 3. The molecule has 3 heterocycles. The first kappa shape index (κ1) is 18.7. The lowest BCUT2D eigenvalue weighted by Gasteiger charge is -2.29. The van der Waals surface area contributed by atoms with Gasteiger partial charge >= 0.3 is 0 Å². The van der Waals surface area contributed by atoms with E-state index in [0.29, 0.717) is 0 Å².